The number of likely N-dealkylation sites (tertiary alicyclic amines) is 1. The fourth-order valence-corrected chi connectivity index (χ4v) is 1.77. The molecule has 0 aromatic rings. The Balaban J connectivity index is 2.41. The van der Waals surface area contributed by atoms with Crippen molar-refractivity contribution in [2.75, 3.05) is 13.1 Å². The summed E-state index contributed by atoms with van der Waals surface area (Å²) < 4.78 is 0. The Morgan fingerprint density at radius 2 is 2.15 bits per heavy atom. The molecule has 1 heterocycles. The average Bonchev–Trinajstić information content (AvgIpc) is 2.31. The maximum Gasteiger partial charge on any atom is 0.223 e. The van der Waals surface area contributed by atoms with Gasteiger partial charge in [0.2, 0.25) is 5.91 Å². The second-order valence-electron chi connectivity index (χ2n) is 4.96. The number of amides is 1. The number of hydrogen-bond donors (Lipinski definition) is 0. The summed E-state index contributed by atoms with van der Waals surface area (Å²) in [5.74, 6) is 0.246. The van der Waals surface area contributed by atoms with Gasteiger partial charge in [0.15, 0.2) is 0 Å². The lowest BCUT2D eigenvalue weighted by molar-refractivity contribution is -0.131. The van der Waals surface area contributed by atoms with Crippen LogP contribution >= 0.6 is 11.6 Å². The molecule has 1 atom stereocenters. The van der Waals surface area contributed by atoms with Gasteiger partial charge in [0.05, 0.1) is 5.38 Å². The van der Waals surface area contributed by atoms with Crippen molar-refractivity contribution in [3.8, 4) is 0 Å². The Morgan fingerprint density at radius 3 is 2.54 bits per heavy atom. The molecule has 1 unspecified atom stereocenters. The summed E-state index contributed by atoms with van der Waals surface area (Å²) in [6, 6.07) is 0. The Hall–Kier alpha value is -0.240. The average molecular weight is 204 g/mol. The summed E-state index contributed by atoms with van der Waals surface area (Å²) >= 11 is 5.93. The third-order valence-electron chi connectivity index (χ3n) is 2.17. The van der Waals surface area contributed by atoms with Crippen molar-refractivity contribution in [2.24, 2.45) is 5.41 Å². The number of alkyl halides is 1. The van der Waals surface area contributed by atoms with Crippen LogP contribution in [0.25, 0.3) is 0 Å². The van der Waals surface area contributed by atoms with Crippen molar-refractivity contribution in [1.29, 1.82) is 0 Å². The van der Waals surface area contributed by atoms with Gasteiger partial charge in [-0.2, -0.15) is 0 Å². The number of halogens is 1. The van der Waals surface area contributed by atoms with Crippen LogP contribution in [0.5, 0.6) is 0 Å². The highest BCUT2D eigenvalue weighted by Crippen LogP contribution is 2.22. The Kier molecular flexibility index (Phi) is 3.23. The molecule has 0 radical (unpaired) electrons. The topological polar surface area (TPSA) is 20.3 Å². The predicted molar refractivity (Wildman–Crippen MR) is 54.9 cm³/mol. The molecule has 0 bridgehead atoms. The Morgan fingerprint density at radius 1 is 1.54 bits per heavy atom. The van der Waals surface area contributed by atoms with E-state index in [0.29, 0.717) is 6.42 Å². The van der Waals surface area contributed by atoms with Gasteiger partial charge in [-0.1, -0.05) is 20.8 Å². The Bertz CT molecular complexity index is 198. The highest BCUT2D eigenvalue weighted by atomic mass is 35.5. The molecule has 1 rings (SSSR count). The minimum Gasteiger partial charge on any atom is -0.341 e. The lowest BCUT2D eigenvalue weighted by Crippen LogP contribution is -2.31. The van der Waals surface area contributed by atoms with Crippen molar-refractivity contribution in [1.82, 2.24) is 4.90 Å². The van der Waals surface area contributed by atoms with Crippen LogP contribution in [0.15, 0.2) is 0 Å². The molecule has 0 spiro atoms. The second kappa shape index (κ2) is 3.87. The second-order valence-corrected chi connectivity index (χ2v) is 5.58. The number of rotatable bonds is 1. The molecule has 1 saturated heterocycles. The highest BCUT2D eigenvalue weighted by Gasteiger charge is 2.27. The van der Waals surface area contributed by atoms with Gasteiger partial charge in [0, 0.05) is 19.5 Å². The summed E-state index contributed by atoms with van der Waals surface area (Å²) in [4.78, 5) is 13.6. The normalized spacial score (nSPS) is 23.7. The zero-order valence-electron chi connectivity index (χ0n) is 8.64. The first kappa shape index (κ1) is 10.8. The number of hydrogen-bond acceptors (Lipinski definition) is 1. The van der Waals surface area contributed by atoms with E-state index in [-0.39, 0.29) is 16.7 Å². The third-order valence-corrected chi connectivity index (χ3v) is 2.52. The maximum atomic E-state index is 11.7. The van der Waals surface area contributed by atoms with Gasteiger partial charge in [0.1, 0.15) is 0 Å². The largest absolute Gasteiger partial charge is 0.341 e. The number of carbonyl (C=O) groups is 1. The van der Waals surface area contributed by atoms with E-state index >= 15 is 0 Å². The minimum absolute atomic E-state index is 0.0848. The van der Waals surface area contributed by atoms with Crippen molar-refractivity contribution < 1.29 is 4.79 Å². The van der Waals surface area contributed by atoms with Crippen LogP contribution in [0.3, 0.4) is 0 Å². The van der Waals surface area contributed by atoms with Crippen molar-refractivity contribution in [3.63, 3.8) is 0 Å². The summed E-state index contributed by atoms with van der Waals surface area (Å²) in [6.45, 7) is 7.82. The standard InChI is InChI=1S/C10H18ClNO/c1-10(2,3)6-9(13)12-5-4-8(11)7-12/h8H,4-7H2,1-3H3. The molecule has 0 aromatic carbocycles. The SMILES string of the molecule is CC(C)(C)CC(=O)N1CCC(Cl)C1. The fraction of sp³-hybridized carbons (Fsp3) is 0.900. The van der Waals surface area contributed by atoms with Gasteiger partial charge in [-0.15, -0.1) is 11.6 Å². The first-order valence-electron chi connectivity index (χ1n) is 4.80. The van der Waals surface area contributed by atoms with E-state index in [1.54, 1.807) is 0 Å². The fourth-order valence-electron chi connectivity index (χ4n) is 1.51. The molecule has 2 nitrogen and oxygen atoms in total. The molecule has 0 aliphatic carbocycles. The van der Waals surface area contributed by atoms with E-state index in [1.165, 1.54) is 0 Å². The molecular weight excluding hydrogens is 186 g/mol. The van der Waals surface area contributed by atoms with Gasteiger partial charge in [-0.3, -0.25) is 4.79 Å². The number of nitrogens with zero attached hydrogens (tertiary/aromatic N) is 1. The molecule has 1 aliphatic rings. The number of carbonyl (C=O) groups excluding carboxylic acids is 1. The van der Waals surface area contributed by atoms with Crippen LogP contribution in [0, 0.1) is 5.41 Å². The van der Waals surface area contributed by atoms with Crippen LogP contribution in [0.1, 0.15) is 33.6 Å². The van der Waals surface area contributed by atoms with Gasteiger partial charge >= 0.3 is 0 Å². The van der Waals surface area contributed by atoms with Gasteiger partial charge in [-0.25, -0.2) is 0 Å². The summed E-state index contributed by atoms with van der Waals surface area (Å²) in [5.41, 5.74) is 0.0848. The van der Waals surface area contributed by atoms with E-state index in [1.807, 2.05) is 4.90 Å². The van der Waals surface area contributed by atoms with E-state index in [2.05, 4.69) is 20.8 Å². The highest BCUT2D eigenvalue weighted by molar-refractivity contribution is 6.21. The van der Waals surface area contributed by atoms with E-state index in [0.717, 1.165) is 19.5 Å². The summed E-state index contributed by atoms with van der Waals surface area (Å²) in [7, 11) is 0. The van der Waals surface area contributed by atoms with Crippen molar-refractivity contribution >= 4 is 17.5 Å². The Labute approximate surface area is 85.2 Å². The smallest absolute Gasteiger partial charge is 0.223 e. The zero-order chi connectivity index (χ0) is 10.1. The summed E-state index contributed by atoms with van der Waals surface area (Å²) in [5, 5.41) is 0.170. The van der Waals surface area contributed by atoms with Crippen molar-refractivity contribution in [2.45, 2.75) is 39.0 Å². The van der Waals surface area contributed by atoms with Gasteiger partial charge in [0.25, 0.3) is 0 Å². The van der Waals surface area contributed by atoms with Crippen molar-refractivity contribution in [3.05, 3.63) is 0 Å². The molecule has 1 amide bonds. The van der Waals surface area contributed by atoms with E-state index in [4.69, 9.17) is 11.6 Å². The van der Waals surface area contributed by atoms with Crippen LogP contribution in [0.2, 0.25) is 0 Å². The van der Waals surface area contributed by atoms with Crippen LogP contribution in [-0.4, -0.2) is 29.3 Å². The van der Waals surface area contributed by atoms with E-state index in [9.17, 15) is 4.79 Å². The summed E-state index contributed by atoms with van der Waals surface area (Å²) in [6.07, 6.45) is 1.56. The third kappa shape index (κ3) is 3.55. The lowest BCUT2D eigenvalue weighted by Gasteiger charge is -2.22. The molecule has 3 heteroatoms. The van der Waals surface area contributed by atoms with E-state index < -0.39 is 0 Å². The quantitative estimate of drug-likeness (QED) is 0.599. The molecule has 0 N–H and O–H groups in total. The molecule has 1 fully saturated rings. The van der Waals surface area contributed by atoms with Gasteiger partial charge in [-0.05, 0) is 11.8 Å². The van der Waals surface area contributed by atoms with Crippen LogP contribution in [0.4, 0.5) is 0 Å². The lowest BCUT2D eigenvalue weighted by atomic mass is 9.92. The molecular formula is C10H18ClNO. The molecule has 1 aliphatic heterocycles. The monoisotopic (exact) mass is 203 g/mol. The maximum absolute atomic E-state index is 11.7. The molecule has 0 aromatic heterocycles. The molecule has 13 heavy (non-hydrogen) atoms. The zero-order valence-corrected chi connectivity index (χ0v) is 9.40. The first-order chi connectivity index (χ1) is 5.88. The predicted octanol–water partition coefficient (Wildman–Crippen LogP) is 2.26. The van der Waals surface area contributed by atoms with Gasteiger partial charge < -0.3 is 4.90 Å². The minimum atomic E-state index is 0.0848. The molecule has 0 saturated carbocycles. The van der Waals surface area contributed by atoms with Crippen LogP contribution < -0.4 is 0 Å². The molecule has 76 valence electrons. The van der Waals surface area contributed by atoms with Crippen LogP contribution in [-0.2, 0) is 4.79 Å². The first-order valence-corrected chi connectivity index (χ1v) is 5.24.